The highest BCUT2D eigenvalue weighted by molar-refractivity contribution is 6.18. The van der Waals surface area contributed by atoms with E-state index < -0.39 is 4.92 Å². The van der Waals surface area contributed by atoms with Crippen LogP contribution in [0.5, 0.6) is 0 Å². The van der Waals surface area contributed by atoms with Crippen LogP contribution in [0.3, 0.4) is 0 Å². The first-order valence-corrected chi connectivity index (χ1v) is 11.4. The van der Waals surface area contributed by atoms with Gasteiger partial charge in [0, 0.05) is 31.1 Å². The van der Waals surface area contributed by atoms with Crippen molar-refractivity contribution in [1.29, 1.82) is 0 Å². The quantitative estimate of drug-likeness (QED) is 0.257. The molecule has 6 heteroatoms. The molecule has 0 aliphatic carbocycles. The molecule has 0 saturated heterocycles. The Balaban J connectivity index is -0.000000266. The van der Waals surface area contributed by atoms with Gasteiger partial charge in [0.05, 0.1) is 11.3 Å². The van der Waals surface area contributed by atoms with Crippen molar-refractivity contribution >= 4 is 23.2 Å². The van der Waals surface area contributed by atoms with Gasteiger partial charge in [-0.25, -0.2) is 0 Å². The molecule has 1 amide bonds. The molecule has 0 aliphatic rings. The van der Waals surface area contributed by atoms with Crippen LogP contribution in [0.25, 0.3) is 0 Å². The van der Waals surface area contributed by atoms with Gasteiger partial charge < -0.3 is 4.90 Å². The number of hydrogen-bond donors (Lipinski definition) is 0. The predicted octanol–water partition coefficient (Wildman–Crippen LogP) is 7.36. The average molecular weight is 433 g/mol. The van der Waals surface area contributed by atoms with Crippen molar-refractivity contribution in [2.24, 2.45) is 5.92 Å². The molecule has 0 aromatic heterocycles. The van der Waals surface area contributed by atoms with E-state index in [0.717, 1.165) is 17.9 Å². The standard InChI is InChI=1S/C13H17ClN2O3.C4H10.3C2H6/c1-2-8-15(9-7-14)13(17)10-11-3-5-12(6-4-11)16(18)19;1-4(2)3;3*1-2/h3-6H,2,7-10H2,1H3;4H,1-3H3;3*1-2H3. The molecule has 0 atom stereocenters. The number of hydrogen-bond acceptors (Lipinski definition) is 3. The SMILES string of the molecule is CC.CC.CC.CC(C)C.CCCN(CCCl)C(=O)Cc1ccc([N+](=O)[O-])cc1. The fourth-order valence-corrected chi connectivity index (χ4v) is 1.96. The Morgan fingerprint density at radius 2 is 1.41 bits per heavy atom. The summed E-state index contributed by atoms with van der Waals surface area (Å²) >= 11 is 5.67. The van der Waals surface area contributed by atoms with Gasteiger partial charge in [-0.1, -0.05) is 81.4 Å². The maximum Gasteiger partial charge on any atom is 0.269 e. The lowest BCUT2D eigenvalue weighted by molar-refractivity contribution is -0.384. The van der Waals surface area contributed by atoms with Crippen LogP contribution in [-0.2, 0) is 11.2 Å². The summed E-state index contributed by atoms with van der Waals surface area (Å²) in [6.07, 6.45) is 1.12. The third kappa shape index (κ3) is 22.5. The molecule has 172 valence electrons. The molecule has 29 heavy (non-hydrogen) atoms. The van der Waals surface area contributed by atoms with Crippen molar-refractivity contribution in [2.45, 2.75) is 82.1 Å². The van der Waals surface area contributed by atoms with Crippen molar-refractivity contribution in [3.8, 4) is 0 Å². The summed E-state index contributed by atoms with van der Waals surface area (Å²) in [5.41, 5.74) is 0.800. The molecule has 0 spiro atoms. The number of alkyl halides is 1. The molecule has 1 rings (SSSR count). The van der Waals surface area contributed by atoms with Gasteiger partial charge in [0.15, 0.2) is 0 Å². The Hall–Kier alpha value is -1.62. The monoisotopic (exact) mass is 432 g/mol. The number of halogens is 1. The fraction of sp³-hybridized carbons (Fsp3) is 0.696. The number of nitrogens with zero attached hydrogens (tertiary/aromatic N) is 2. The molecule has 0 heterocycles. The van der Waals surface area contributed by atoms with E-state index in [2.05, 4.69) is 20.8 Å². The average Bonchev–Trinajstić information content (AvgIpc) is 2.72. The van der Waals surface area contributed by atoms with Crippen LogP contribution in [0.2, 0.25) is 0 Å². The van der Waals surface area contributed by atoms with E-state index in [1.54, 1.807) is 17.0 Å². The zero-order valence-electron chi connectivity index (χ0n) is 20.4. The van der Waals surface area contributed by atoms with Gasteiger partial charge in [-0.3, -0.25) is 14.9 Å². The smallest absolute Gasteiger partial charge is 0.269 e. The van der Waals surface area contributed by atoms with Crippen molar-refractivity contribution in [3.05, 3.63) is 39.9 Å². The van der Waals surface area contributed by atoms with Gasteiger partial charge in [-0.15, -0.1) is 11.6 Å². The first-order valence-electron chi connectivity index (χ1n) is 10.9. The summed E-state index contributed by atoms with van der Waals surface area (Å²) in [5.74, 6) is 1.24. The normalized spacial score (nSPS) is 8.55. The largest absolute Gasteiger partial charge is 0.341 e. The lowest BCUT2D eigenvalue weighted by Crippen LogP contribution is -2.34. The number of nitro groups is 1. The van der Waals surface area contributed by atoms with E-state index in [-0.39, 0.29) is 18.0 Å². The van der Waals surface area contributed by atoms with Gasteiger partial charge in [0.1, 0.15) is 0 Å². The van der Waals surface area contributed by atoms with Crippen LogP contribution < -0.4 is 0 Å². The minimum atomic E-state index is -0.456. The number of nitro benzene ring substituents is 1. The van der Waals surface area contributed by atoms with Gasteiger partial charge in [0.2, 0.25) is 5.91 Å². The number of non-ortho nitro benzene ring substituents is 1. The molecular weight excluding hydrogens is 388 g/mol. The van der Waals surface area contributed by atoms with Crippen molar-refractivity contribution in [2.75, 3.05) is 19.0 Å². The molecule has 1 aromatic rings. The maximum absolute atomic E-state index is 12.0. The summed E-state index contributed by atoms with van der Waals surface area (Å²) < 4.78 is 0. The third-order valence-electron chi connectivity index (χ3n) is 2.70. The van der Waals surface area contributed by atoms with E-state index in [1.165, 1.54) is 12.1 Å². The van der Waals surface area contributed by atoms with Crippen molar-refractivity contribution in [1.82, 2.24) is 4.90 Å². The molecule has 0 bridgehead atoms. The topological polar surface area (TPSA) is 63.5 Å². The second-order valence-corrected chi connectivity index (χ2v) is 6.28. The van der Waals surface area contributed by atoms with Crippen LogP contribution >= 0.6 is 11.6 Å². The highest BCUT2D eigenvalue weighted by atomic mass is 35.5. The Kier molecular flexibility index (Phi) is 31.7. The van der Waals surface area contributed by atoms with E-state index in [9.17, 15) is 14.9 Å². The zero-order chi connectivity index (χ0) is 23.8. The van der Waals surface area contributed by atoms with Crippen LogP contribution in [0.4, 0.5) is 5.69 Å². The number of amides is 1. The summed E-state index contributed by atoms with van der Waals surface area (Å²) in [6, 6.07) is 6.05. The molecule has 0 saturated carbocycles. The first-order chi connectivity index (χ1) is 13.8. The molecule has 0 radical (unpaired) electrons. The van der Waals surface area contributed by atoms with Crippen LogP contribution in [0.1, 0.15) is 81.2 Å². The fourth-order valence-electron chi connectivity index (χ4n) is 1.76. The van der Waals surface area contributed by atoms with Gasteiger partial charge in [-0.2, -0.15) is 0 Å². The highest BCUT2D eigenvalue weighted by Gasteiger charge is 2.13. The maximum atomic E-state index is 12.0. The molecule has 0 fully saturated rings. The van der Waals surface area contributed by atoms with Gasteiger partial charge in [0.25, 0.3) is 5.69 Å². The third-order valence-corrected chi connectivity index (χ3v) is 2.87. The minimum absolute atomic E-state index is 0.00338. The van der Waals surface area contributed by atoms with Crippen LogP contribution in [0.15, 0.2) is 24.3 Å². The second-order valence-electron chi connectivity index (χ2n) is 5.90. The highest BCUT2D eigenvalue weighted by Crippen LogP contribution is 2.13. The van der Waals surface area contributed by atoms with E-state index >= 15 is 0 Å². The van der Waals surface area contributed by atoms with E-state index in [4.69, 9.17) is 11.6 Å². The van der Waals surface area contributed by atoms with Crippen molar-refractivity contribution < 1.29 is 9.72 Å². The first kappa shape index (κ1) is 34.9. The molecule has 5 nitrogen and oxygen atoms in total. The summed E-state index contributed by atoms with van der Waals surface area (Å²) in [7, 11) is 0. The second kappa shape index (κ2) is 26.4. The Morgan fingerprint density at radius 1 is 1.00 bits per heavy atom. The molecule has 1 aromatic carbocycles. The van der Waals surface area contributed by atoms with Gasteiger partial charge in [-0.05, 0) is 17.9 Å². The van der Waals surface area contributed by atoms with Crippen molar-refractivity contribution in [3.63, 3.8) is 0 Å². The number of carbonyl (C=O) groups is 1. The zero-order valence-corrected chi connectivity index (χ0v) is 21.2. The Bertz CT molecular complexity index is 469. The minimum Gasteiger partial charge on any atom is -0.341 e. The Labute approximate surface area is 185 Å². The molecule has 0 unspecified atom stereocenters. The van der Waals surface area contributed by atoms with E-state index in [0.29, 0.717) is 19.0 Å². The number of carbonyl (C=O) groups excluding carboxylic acids is 1. The molecule has 0 aliphatic heterocycles. The van der Waals surface area contributed by atoms with Crippen LogP contribution in [0, 0.1) is 16.0 Å². The van der Waals surface area contributed by atoms with Gasteiger partial charge >= 0.3 is 0 Å². The lowest BCUT2D eigenvalue weighted by atomic mass is 10.1. The lowest BCUT2D eigenvalue weighted by Gasteiger charge is -2.20. The van der Waals surface area contributed by atoms with E-state index in [1.807, 2.05) is 48.5 Å². The number of rotatable bonds is 7. The number of benzene rings is 1. The molecule has 0 N–H and O–H groups in total. The summed E-state index contributed by atoms with van der Waals surface area (Å²) in [4.78, 5) is 23.8. The van der Waals surface area contributed by atoms with Crippen LogP contribution in [-0.4, -0.2) is 34.7 Å². The summed E-state index contributed by atoms with van der Waals surface area (Å²) in [5, 5.41) is 10.5. The Morgan fingerprint density at radius 3 is 1.72 bits per heavy atom. The summed E-state index contributed by atoms with van der Waals surface area (Å²) in [6.45, 7) is 21.7. The molecular formula is C23H45ClN2O3. The predicted molar refractivity (Wildman–Crippen MR) is 129 cm³/mol.